The summed E-state index contributed by atoms with van der Waals surface area (Å²) in [5, 5.41) is 0. The van der Waals surface area contributed by atoms with Crippen LogP contribution in [0.15, 0.2) is 0 Å². The summed E-state index contributed by atoms with van der Waals surface area (Å²) in [6.45, 7) is 9.69. The number of hydrogen-bond donors (Lipinski definition) is 0. The predicted molar refractivity (Wildman–Crippen MR) is 57.5 cm³/mol. The van der Waals surface area contributed by atoms with Crippen LogP contribution in [0.1, 0.15) is 47.0 Å². The van der Waals surface area contributed by atoms with Crippen LogP contribution in [0.3, 0.4) is 0 Å². The van der Waals surface area contributed by atoms with Crippen molar-refractivity contribution in [2.24, 2.45) is 35.5 Å². The summed E-state index contributed by atoms with van der Waals surface area (Å²) in [4.78, 5) is 0. The Kier molecular flexibility index (Phi) is 2.42. The Balaban J connectivity index is 1.97. The molecule has 0 heterocycles. The van der Waals surface area contributed by atoms with Gasteiger partial charge < -0.3 is 0 Å². The first kappa shape index (κ1) is 9.55. The molecule has 0 spiro atoms. The molecule has 0 saturated heterocycles. The molecule has 0 nitrogen and oxygen atoms in total. The van der Waals surface area contributed by atoms with Crippen LogP contribution in [0, 0.1) is 35.5 Å². The van der Waals surface area contributed by atoms with E-state index in [0.717, 1.165) is 35.5 Å². The molecule has 2 saturated carbocycles. The Labute approximate surface area is 83.1 Å². The van der Waals surface area contributed by atoms with Crippen molar-refractivity contribution in [1.29, 1.82) is 0 Å². The van der Waals surface area contributed by atoms with Crippen molar-refractivity contribution in [1.82, 2.24) is 0 Å². The summed E-state index contributed by atoms with van der Waals surface area (Å²) < 4.78 is 0. The lowest BCUT2D eigenvalue weighted by Gasteiger charge is -2.43. The van der Waals surface area contributed by atoms with E-state index in [-0.39, 0.29) is 0 Å². The van der Waals surface area contributed by atoms with Crippen LogP contribution in [0.2, 0.25) is 0 Å². The molecule has 13 heavy (non-hydrogen) atoms. The summed E-state index contributed by atoms with van der Waals surface area (Å²) in [6.07, 6.45) is 4.54. The predicted octanol–water partition coefficient (Wildman–Crippen LogP) is 3.96. The average Bonchev–Trinajstić information content (AvgIpc) is 2.20. The molecule has 0 bridgehead atoms. The molecular weight excluding hydrogens is 156 g/mol. The molecule has 0 aromatic heterocycles. The van der Waals surface area contributed by atoms with Gasteiger partial charge in [-0.15, -0.1) is 0 Å². The summed E-state index contributed by atoms with van der Waals surface area (Å²) in [5.74, 6) is 6.27. The van der Waals surface area contributed by atoms with Crippen molar-refractivity contribution in [3.05, 3.63) is 0 Å². The quantitative estimate of drug-likeness (QED) is 0.603. The standard InChI is InChI=1S/C13H24/c1-8(2)5-11-6-9(3)12-7-10(4)13(11)12/h8-13H,5-7H2,1-4H3. The summed E-state index contributed by atoms with van der Waals surface area (Å²) in [5.41, 5.74) is 0. The summed E-state index contributed by atoms with van der Waals surface area (Å²) >= 11 is 0. The van der Waals surface area contributed by atoms with Crippen molar-refractivity contribution < 1.29 is 0 Å². The molecular formula is C13H24. The van der Waals surface area contributed by atoms with E-state index in [1.807, 2.05) is 0 Å². The number of fused-ring (bicyclic) bond motifs is 1. The van der Waals surface area contributed by atoms with E-state index in [1.165, 1.54) is 19.3 Å². The molecule has 2 aliphatic carbocycles. The summed E-state index contributed by atoms with van der Waals surface area (Å²) in [7, 11) is 0. The maximum Gasteiger partial charge on any atom is -0.0329 e. The fraction of sp³-hybridized carbons (Fsp3) is 1.00. The molecule has 76 valence electrons. The minimum atomic E-state index is 0.906. The Morgan fingerprint density at radius 3 is 2.31 bits per heavy atom. The Morgan fingerprint density at radius 2 is 1.77 bits per heavy atom. The van der Waals surface area contributed by atoms with Crippen LogP contribution >= 0.6 is 0 Å². The van der Waals surface area contributed by atoms with Crippen LogP contribution in [-0.2, 0) is 0 Å². The van der Waals surface area contributed by atoms with E-state index in [4.69, 9.17) is 0 Å². The largest absolute Gasteiger partial charge is 0.0628 e. The van der Waals surface area contributed by atoms with Gasteiger partial charge in [0.1, 0.15) is 0 Å². The second kappa shape index (κ2) is 3.29. The SMILES string of the molecule is CC(C)CC1CC(C)C2CC(C)C12. The highest BCUT2D eigenvalue weighted by Gasteiger charge is 2.50. The topological polar surface area (TPSA) is 0 Å². The van der Waals surface area contributed by atoms with Gasteiger partial charge in [-0.1, -0.05) is 27.7 Å². The molecule has 0 heteroatoms. The molecule has 0 aromatic rings. The van der Waals surface area contributed by atoms with Crippen molar-refractivity contribution >= 4 is 0 Å². The highest BCUT2D eigenvalue weighted by Crippen LogP contribution is 2.58. The van der Waals surface area contributed by atoms with Crippen molar-refractivity contribution in [3.8, 4) is 0 Å². The number of hydrogen-bond acceptors (Lipinski definition) is 0. The maximum absolute atomic E-state index is 2.48. The zero-order valence-electron chi connectivity index (χ0n) is 9.59. The third-order valence-corrected chi connectivity index (χ3v) is 4.52. The zero-order valence-corrected chi connectivity index (χ0v) is 9.59. The first-order chi connectivity index (χ1) is 6.09. The molecule has 2 rings (SSSR count). The second-order valence-corrected chi connectivity index (χ2v) is 6.06. The molecule has 0 N–H and O–H groups in total. The Morgan fingerprint density at radius 1 is 1.08 bits per heavy atom. The minimum absolute atomic E-state index is 0.906. The monoisotopic (exact) mass is 180 g/mol. The minimum Gasteiger partial charge on any atom is -0.0628 e. The average molecular weight is 180 g/mol. The van der Waals surface area contributed by atoms with E-state index in [1.54, 1.807) is 0 Å². The molecule has 0 amide bonds. The summed E-state index contributed by atoms with van der Waals surface area (Å²) in [6, 6.07) is 0. The fourth-order valence-electron chi connectivity index (χ4n) is 4.06. The first-order valence-electron chi connectivity index (χ1n) is 6.09. The number of rotatable bonds is 2. The lowest BCUT2D eigenvalue weighted by molar-refractivity contribution is 0.0589. The van der Waals surface area contributed by atoms with Gasteiger partial charge in [0.25, 0.3) is 0 Å². The van der Waals surface area contributed by atoms with Gasteiger partial charge in [-0.3, -0.25) is 0 Å². The van der Waals surface area contributed by atoms with Crippen LogP contribution in [0.4, 0.5) is 0 Å². The van der Waals surface area contributed by atoms with Gasteiger partial charge in [-0.2, -0.15) is 0 Å². The molecule has 0 radical (unpaired) electrons. The van der Waals surface area contributed by atoms with E-state index in [0.29, 0.717) is 0 Å². The molecule has 2 aliphatic rings. The van der Waals surface area contributed by atoms with Gasteiger partial charge in [-0.05, 0) is 54.8 Å². The molecule has 0 aromatic carbocycles. The van der Waals surface area contributed by atoms with E-state index >= 15 is 0 Å². The molecule has 5 atom stereocenters. The van der Waals surface area contributed by atoms with Gasteiger partial charge >= 0.3 is 0 Å². The molecule has 5 unspecified atom stereocenters. The van der Waals surface area contributed by atoms with Crippen molar-refractivity contribution in [2.75, 3.05) is 0 Å². The van der Waals surface area contributed by atoms with Crippen molar-refractivity contribution in [3.63, 3.8) is 0 Å². The van der Waals surface area contributed by atoms with Gasteiger partial charge in [-0.25, -0.2) is 0 Å². The smallest absolute Gasteiger partial charge is 0.0329 e. The highest BCUT2D eigenvalue weighted by atomic mass is 14.6. The third kappa shape index (κ3) is 1.53. The van der Waals surface area contributed by atoms with Crippen LogP contribution in [-0.4, -0.2) is 0 Å². The maximum atomic E-state index is 2.48. The van der Waals surface area contributed by atoms with Crippen molar-refractivity contribution in [2.45, 2.75) is 47.0 Å². The van der Waals surface area contributed by atoms with E-state index < -0.39 is 0 Å². The normalized spacial score (nSPS) is 49.2. The van der Waals surface area contributed by atoms with Crippen LogP contribution in [0.25, 0.3) is 0 Å². The lowest BCUT2D eigenvalue weighted by Crippen LogP contribution is -2.36. The molecule has 2 fully saturated rings. The Bertz CT molecular complexity index is 180. The highest BCUT2D eigenvalue weighted by molar-refractivity contribution is 4.99. The fourth-order valence-corrected chi connectivity index (χ4v) is 4.06. The van der Waals surface area contributed by atoms with Gasteiger partial charge in [0.15, 0.2) is 0 Å². The first-order valence-corrected chi connectivity index (χ1v) is 6.09. The van der Waals surface area contributed by atoms with Gasteiger partial charge in [0.2, 0.25) is 0 Å². The van der Waals surface area contributed by atoms with Gasteiger partial charge in [0, 0.05) is 0 Å². The third-order valence-electron chi connectivity index (χ3n) is 4.52. The zero-order chi connectivity index (χ0) is 9.59. The van der Waals surface area contributed by atoms with Crippen LogP contribution < -0.4 is 0 Å². The molecule has 0 aliphatic heterocycles. The van der Waals surface area contributed by atoms with E-state index in [9.17, 15) is 0 Å². The Hall–Kier alpha value is 0. The van der Waals surface area contributed by atoms with E-state index in [2.05, 4.69) is 27.7 Å². The van der Waals surface area contributed by atoms with Crippen LogP contribution in [0.5, 0.6) is 0 Å². The van der Waals surface area contributed by atoms with Gasteiger partial charge in [0.05, 0.1) is 0 Å². The lowest BCUT2D eigenvalue weighted by atomic mass is 9.62. The second-order valence-electron chi connectivity index (χ2n) is 6.06.